The van der Waals surface area contributed by atoms with E-state index in [-0.39, 0.29) is 0 Å². The van der Waals surface area contributed by atoms with Crippen molar-refractivity contribution in [3.8, 4) is 0 Å². The fourth-order valence-corrected chi connectivity index (χ4v) is 2.66. The number of hydrogen-bond donors (Lipinski definition) is 2. The van der Waals surface area contributed by atoms with Crippen LogP contribution in [0.25, 0.3) is 0 Å². The summed E-state index contributed by atoms with van der Waals surface area (Å²) in [5, 5.41) is 12.4. The van der Waals surface area contributed by atoms with Crippen LogP contribution in [0, 0.1) is 11.8 Å². The Morgan fingerprint density at radius 1 is 1.28 bits per heavy atom. The number of nitrogens with one attached hydrogen (secondary N) is 1. The third-order valence-corrected chi connectivity index (χ3v) is 4.08. The van der Waals surface area contributed by atoms with Gasteiger partial charge < -0.3 is 10.4 Å². The Morgan fingerprint density at radius 2 is 2.06 bits per heavy atom. The highest BCUT2D eigenvalue weighted by atomic mass is 16.4. The first-order valence-corrected chi connectivity index (χ1v) is 6.66. The molecule has 0 bridgehead atoms. The third-order valence-electron chi connectivity index (χ3n) is 4.08. The molecular weight excluding hydrogens is 226 g/mol. The van der Waals surface area contributed by atoms with Crippen LogP contribution in [0.2, 0.25) is 0 Å². The molecule has 0 saturated heterocycles. The van der Waals surface area contributed by atoms with Gasteiger partial charge in [0.05, 0.1) is 5.56 Å². The predicted molar refractivity (Wildman–Crippen MR) is 73.0 cm³/mol. The maximum absolute atomic E-state index is 10.9. The second-order valence-corrected chi connectivity index (χ2v) is 5.49. The summed E-state index contributed by atoms with van der Waals surface area (Å²) in [5.41, 5.74) is 1.26. The first-order valence-electron chi connectivity index (χ1n) is 6.66. The highest BCUT2D eigenvalue weighted by Gasteiger charge is 2.24. The Labute approximate surface area is 108 Å². The first-order chi connectivity index (χ1) is 8.56. The van der Waals surface area contributed by atoms with Crippen molar-refractivity contribution >= 4 is 11.7 Å². The summed E-state index contributed by atoms with van der Waals surface area (Å²) in [4.78, 5) is 10.9. The number of hydrogen-bond acceptors (Lipinski definition) is 2. The Bertz CT molecular complexity index is 430. The average molecular weight is 247 g/mol. The van der Waals surface area contributed by atoms with E-state index in [4.69, 9.17) is 5.11 Å². The van der Waals surface area contributed by atoms with Crippen molar-refractivity contribution in [2.75, 3.05) is 5.32 Å². The molecule has 1 aliphatic carbocycles. The van der Waals surface area contributed by atoms with E-state index in [1.807, 2.05) is 6.07 Å². The topological polar surface area (TPSA) is 49.3 Å². The molecule has 1 saturated carbocycles. The number of carboxylic acids is 1. The molecule has 0 radical (unpaired) electrons. The standard InChI is InChI=1S/C15H21NO2/c1-10-6-7-14(8-11(10)2)16-13-5-3-4-12(9-13)15(17)18/h3-5,9-11,14,16H,6-8H2,1-2H3,(H,17,18). The van der Waals surface area contributed by atoms with Crippen LogP contribution in [0.15, 0.2) is 24.3 Å². The van der Waals surface area contributed by atoms with E-state index in [0.29, 0.717) is 11.6 Å². The van der Waals surface area contributed by atoms with E-state index in [1.54, 1.807) is 18.2 Å². The molecule has 2 N–H and O–H groups in total. The lowest BCUT2D eigenvalue weighted by Crippen LogP contribution is -2.30. The number of anilines is 1. The highest BCUT2D eigenvalue weighted by Crippen LogP contribution is 2.31. The number of rotatable bonds is 3. The van der Waals surface area contributed by atoms with E-state index in [9.17, 15) is 4.79 Å². The lowest BCUT2D eigenvalue weighted by Gasteiger charge is -2.33. The van der Waals surface area contributed by atoms with Crippen molar-refractivity contribution in [1.82, 2.24) is 0 Å². The predicted octanol–water partition coefficient (Wildman–Crippen LogP) is 3.62. The zero-order valence-electron chi connectivity index (χ0n) is 11.0. The van der Waals surface area contributed by atoms with Crippen molar-refractivity contribution in [3.63, 3.8) is 0 Å². The Hall–Kier alpha value is -1.51. The van der Waals surface area contributed by atoms with Gasteiger partial charge in [-0.2, -0.15) is 0 Å². The van der Waals surface area contributed by atoms with Crippen LogP contribution in [0.3, 0.4) is 0 Å². The quantitative estimate of drug-likeness (QED) is 0.857. The minimum atomic E-state index is -0.871. The van der Waals surface area contributed by atoms with Crippen LogP contribution in [-0.4, -0.2) is 17.1 Å². The SMILES string of the molecule is CC1CCC(Nc2cccc(C(=O)O)c2)CC1C. The summed E-state index contributed by atoms with van der Waals surface area (Å²) in [6.45, 7) is 4.61. The second-order valence-electron chi connectivity index (χ2n) is 5.49. The Kier molecular flexibility index (Phi) is 3.90. The van der Waals surface area contributed by atoms with E-state index in [2.05, 4.69) is 19.2 Å². The molecule has 3 atom stereocenters. The summed E-state index contributed by atoms with van der Waals surface area (Å²) in [6.07, 6.45) is 3.58. The van der Waals surface area contributed by atoms with E-state index in [0.717, 1.165) is 17.5 Å². The van der Waals surface area contributed by atoms with Gasteiger partial charge in [-0.15, -0.1) is 0 Å². The molecular formula is C15H21NO2. The zero-order valence-corrected chi connectivity index (χ0v) is 11.0. The number of benzene rings is 1. The molecule has 1 fully saturated rings. The molecule has 0 aliphatic heterocycles. The van der Waals surface area contributed by atoms with Gasteiger partial charge in [-0.1, -0.05) is 19.9 Å². The van der Waals surface area contributed by atoms with Gasteiger partial charge in [-0.25, -0.2) is 4.79 Å². The van der Waals surface area contributed by atoms with Gasteiger partial charge in [0.25, 0.3) is 0 Å². The van der Waals surface area contributed by atoms with Crippen molar-refractivity contribution in [2.45, 2.75) is 39.2 Å². The van der Waals surface area contributed by atoms with Gasteiger partial charge in [0, 0.05) is 11.7 Å². The van der Waals surface area contributed by atoms with E-state index in [1.165, 1.54) is 19.3 Å². The summed E-state index contributed by atoms with van der Waals surface area (Å²) >= 11 is 0. The molecule has 0 aromatic heterocycles. The fourth-order valence-electron chi connectivity index (χ4n) is 2.66. The largest absolute Gasteiger partial charge is 0.478 e. The molecule has 98 valence electrons. The Morgan fingerprint density at radius 3 is 2.72 bits per heavy atom. The highest BCUT2D eigenvalue weighted by molar-refractivity contribution is 5.88. The zero-order chi connectivity index (χ0) is 13.1. The molecule has 18 heavy (non-hydrogen) atoms. The van der Waals surface area contributed by atoms with Gasteiger partial charge in [-0.05, 0) is 49.3 Å². The van der Waals surface area contributed by atoms with Crippen molar-refractivity contribution in [1.29, 1.82) is 0 Å². The van der Waals surface area contributed by atoms with Gasteiger partial charge in [0.1, 0.15) is 0 Å². The molecule has 1 aliphatic rings. The van der Waals surface area contributed by atoms with Crippen LogP contribution in [0.1, 0.15) is 43.5 Å². The Balaban J connectivity index is 2.01. The molecule has 2 rings (SSSR count). The fraction of sp³-hybridized carbons (Fsp3) is 0.533. The van der Waals surface area contributed by atoms with Gasteiger partial charge >= 0.3 is 5.97 Å². The molecule has 3 unspecified atom stereocenters. The lowest BCUT2D eigenvalue weighted by atomic mass is 9.79. The molecule has 1 aromatic rings. The number of carboxylic acid groups (broad SMARTS) is 1. The normalized spacial score (nSPS) is 27.8. The van der Waals surface area contributed by atoms with Crippen molar-refractivity contribution in [3.05, 3.63) is 29.8 Å². The lowest BCUT2D eigenvalue weighted by molar-refractivity contribution is 0.0697. The maximum atomic E-state index is 10.9. The number of carbonyl (C=O) groups is 1. The smallest absolute Gasteiger partial charge is 0.335 e. The molecule has 3 heteroatoms. The van der Waals surface area contributed by atoms with Crippen molar-refractivity contribution in [2.24, 2.45) is 11.8 Å². The minimum Gasteiger partial charge on any atom is -0.478 e. The monoisotopic (exact) mass is 247 g/mol. The summed E-state index contributed by atoms with van der Waals surface area (Å²) in [7, 11) is 0. The van der Waals surface area contributed by atoms with Crippen LogP contribution in [0.5, 0.6) is 0 Å². The minimum absolute atomic E-state index is 0.345. The van der Waals surface area contributed by atoms with E-state index >= 15 is 0 Å². The number of aromatic carboxylic acids is 1. The van der Waals surface area contributed by atoms with Crippen LogP contribution in [-0.2, 0) is 0 Å². The van der Waals surface area contributed by atoms with Crippen LogP contribution < -0.4 is 5.32 Å². The molecule has 0 heterocycles. The molecule has 0 spiro atoms. The second kappa shape index (κ2) is 5.42. The van der Waals surface area contributed by atoms with Gasteiger partial charge in [0.2, 0.25) is 0 Å². The van der Waals surface area contributed by atoms with Crippen LogP contribution >= 0.6 is 0 Å². The average Bonchev–Trinajstić information content (AvgIpc) is 2.34. The molecule has 1 aromatic carbocycles. The third kappa shape index (κ3) is 3.03. The van der Waals surface area contributed by atoms with Crippen molar-refractivity contribution < 1.29 is 9.90 Å². The van der Waals surface area contributed by atoms with Gasteiger partial charge in [-0.3, -0.25) is 0 Å². The summed E-state index contributed by atoms with van der Waals surface area (Å²) < 4.78 is 0. The summed E-state index contributed by atoms with van der Waals surface area (Å²) in [5.74, 6) is 0.664. The summed E-state index contributed by atoms with van der Waals surface area (Å²) in [6, 6.07) is 7.54. The van der Waals surface area contributed by atoms with Gasteiger partial charge in [0.15, 0.2) is 0 Å². The first kappa shape index (κ1) is 12.9. The van der Waals surface area contributed by atoms with E-state index < -0.39 is 5.97 Å². The van der Waals surface area contributed by atoms with Crippen LogP contribution in [0.4, 0.5) is 5.69 Å². The molecule has 3 nitrogen and oxygen atoms in total. The maximum Gasteiger partial charge on any atom is 0.335 e. The molecule has 0 amide bonds.